The van der Waals surface area contributed by atoms with E-state index in [4.69, 9.17) is 5.11 Å². The van der Waals surface area contributed by atoms with E-state index in [1.165, 1.54) is 22.3 Å². The van der Waals surface area contributed by atoms with E-state index in [9.17, 15) is 9.90 Å². The van der Waals surface area contributed by atoms with Crippen LogP contribution in [-0.2, 0) is 17.0 Å². The normalized spacial score (nSPS) is 11.8. The molecular weight excluding hydrogens is 454 g/mol. The number of carboxylic acids is 1. The van der Waals surface area contributed by atoms with Crippen LogP contribution in [0.15, 0.2) is 48.5 Å². The van der Waals surface area contributed by atoms with Crippen molar-refractivity contribution in [2.45, 2.75) is 59.3 Å². The number of benzene rings is 3. The van der Waals surface area contributed by atoms with Crippen LogP contribution >= 0.6 is 11.9 Å². The number of fused-ring (bicyclic) bond motifs is 3. The first kappa shape index (κ1) is 28.0. The SMILES string of the molecule is C#C.CC(C)(C)O.Cc1ccc(-c2c(C)c3c(c(C)c2CC(=O)O)NSCc2ccccc2-3)cc1. The van der Waals surface area contributed by atoms with E-state index in [2.05, 4.69) is 79.9 Å². The summed E-state index contributed by atoms with van der Waals surface area (Å²) in [6, 6.07) is 16.9. The second kappa shape index (κ2) is 12.0. The molecule has 0 bridgehead atoms. The zero-order valence-corrected chi connectivity index (χ0v) is 22.2. The third kappa shape index (κ3) is 7.14. The molecule has 0 aromatic heterocycles. The number of aryl methyl sites for hydroxylation is 1. The van der Waals surface area contributed by atoms with E-state index < -0.39 is 11.6 Å². The highest BCUT2D eigenvalue weighted by Crippen LogP contribution is 2.47. The molecule has 0 saturated carbocycles. The summed E-state index contributed by atoms with van der Waals surface area (Å²) in [6.07, 6.45) is 8.01. The van der Waals surface area contributed by atoms with E-state index >= 15 is 0 Å². The number of carbonyl (C=O) groups is 1. The van der Waals surface area contributed by atoms with Crippen molar-refractivity contribution in [3.05, 3.63) is 76.3 Å². The molecule has 0 amide bonds. The Balaban J connectivity index is 0.000000551. The molecule has 1 aliphatic heterocycles. The molecule has 4 rings (SSSR count). The van der Waals surface area contributed by atoms with Crippen LogP contribution in [0, 0.1) is 33.6 Å². The van der Waals surface area contributed by atoms with Crippen LogP contribution in [0.4, 0.5) is 5.69 Å². The van der Waals surface area contributed by atoms with Gasteiger partial charge in [-0.3, -0.25) is 4.79 Å². The molecule has 3 aromatic rings. The molecule has 0 saturated heterocycles. The number of carboxylic acid groups (broad SMARTS) is 1. The Morgan fingerprint density at radius 2 is 1.54 bits per heavy atom. The fraction of sp³-hybridized carbons (Fsp3) is 0.300. The van der Waals surface area contributed by atoms with Gasteiger partial charge in [0.05, 0.1) is 17.7 Å². The average Bonchev–Trinajstić information content (AvgIpc) is 2.98. The third-order valence-corrected chi connectivity index (χ3v) is 6.29. The zero-order valence-electron chi connectivity index (χ0n) is 21.4. The van der Waals surface area contributed by atoms with Crippen molar-refractivity contribution >= 4 is 23.6 Å². The quantitative estimate of drug-likeness (QED) is 0.269. The molecule has 35 heavy (non-hydrogen) atoms. The largest absolute Gasteiger partial charge is 0.481 e. The Bertz CT molecular complexity index is 1200. The van der Waals surface area contributed by atoms with Gasteiger partial charge >= 0.3 is 5.97 Å². The van der Waals surface area contributed by atoms with Crippen molar-refractivity contribution in [2.24, 2.45) is 0 Å². The maximum absolute atomic E-state index is 11.7. The summed E-state index contributed by atoms with van der Waals surface area (Å²) in [4.78, 5) is 11.7. The second-order valence-corrected chi connectivity index (χ2v) is 10.3. The molecule has 1 heterocycles. The lowest BCUT2D eigenvalue weighted by Gasteiger charge is -2.23. The maximum atomic E-state index is 11.7. The van der Waals surface area contributed by atoms with Crippen molar-refractivity contribution in [2.75, 3.05) is 4.72 Å². The number of hydrogen-bond donors (Lipinski definition) is 3. The lowest BCUT2D eigenvalue weighted by Crippen LogP contribution is -2.10. The molecule has 1 aliphatic rings. The third-order valence-electron chi connectivity index (χ3n) is 5.49. The number of hydrogen-bond acceptors (Lipinski definition) is 4. The van der Waals surface area contributed by atoms with Gasteiger partial charge in [0.15, 0.2) is 0 Å². The summed E-state index contributed by atoms with van der Waals surface area (Å²) in [6.45, 7) is 11.4. The molecule has 0 atom stereocenters. The Hall–Kier alpha value is -3.20. The number of aliphatic carboxylic acids is 1. The zero-order chi connectivity index (χ0) is 26.3. The summed E-state index contributed by atoms with van der Waals surface area (Å²) < 4.78 is 3.51. The maximum Gasteiger partial charge on any atom is 0.307 e. The first-order valence-electron chi connectivity index (χ1n) is 11.4. The summed E-state index contributed by atoms with van der Waals surface area (Å²) in [7, 11) is 0. The average molecular weight is 490 g/mol. The van der Waals surface area contributed by atoms with Crippen LogP contribution in [0.1, 0.15) is 48.6 Å². The van der Waals surface area contributed by atoms with Gasteiger partial charge in [0.2, 0.25) is 0 Å². The molecule has 0 spiro atoms. The van der Waals surface area contributed by atoms with Crippen LogP contribution in [-0.4, -0.2) is 21.8 Å². The van der Waals surface area contributed by atoms with Crippen molar-refractivity contribution < 1.29 is 15.0 Å². The van der Waals surface area contributed by atoms with Gasteiger partial charge in [0, 0.05) is 11.3 Å². The van der Waals surface area contributed by atoms with Crippen LogP contribution in [0.5, 0.6) is 0 Å². The molecule has 4 nitrogen and oxygen atoms in total. The number of nitrogens with one attached hydrogen (secondary N) is 1. The summed E-state index contributed by atoms with van der Waals surface area (Å²) in [5.74, 6) is 0.0650. The Kier molecular flexibility index (Phi) is 9.59. The summed E-state index contributed by atoms with van der Waals surface area (Å²) >= 11 is 1.66. The first-order valence-corrected chi connectivity index (χ1v) is 12.4. The van der Waals surface area contributed by atoms with Crippen molar-refractivity contribution in [1.29, 1.82) is 0 Å². The molecule has 0 aliphatic carbocycles. The smallest absolute Gasteiger partial charge is 0.307 e. The molecule has 5 heteroatoms. The van der Waals surface area contributed by atoms with Gasteiger partial charge in [-0.2, -0.15) is 0 Å². The highest BCUT2D eigenvalue weighted by Gasteiger charge is 2.25. The molecule has 3 N–H and O–H groups in total. The van der Waals surface area contributed by atoms with Gasteiger partial charge in [-0.25, -0.2) is 0 Å². The minimum atomic E-state index is -0.808. The van der Waals surface area contributed by atoms with Gasteiger partial charge in [-0.1, -0.05) is 54.1 Å². The van der Waals surface area contributed by atoms with Crippen LogP contribution in [0.2, 0.25) is 0 Å². The lowest BCUT2D eigenvalue weighted by atomic mass is 9.82. The van der Waals surface area contributed by atoms with Gasteiger partial charge in [-0.15, -0.1) is 12.8 Å². The Morgan fingerprint density at radius 3 is 2.11 bits per heavy atom. The fourth-order valence-corrected chi connectivity index (χ4v) is 4.97. The van der Waals surface area contributed by atoms with Crippen LogP contribution in [0.25, 0.3) is 22.3 Å². The molecule has 184 valence electrons. The standard InChI is InChI=1S/C24H23NO2S.C4H10O.C2H2/c1-14-8-10-17(11-9-14)22-16(3)23-19-7-5-4-6-18(19)13-28-25-24(23)15(2)20(22)12-21(26)27;1-4(2,3)5;1-2/h4-11,25H,12-13H2,1-3H3,(H,26,27);5H,1-3H3;1-2H. The predicted molar refractivity (Wildman–Crippen MR) is 150 cm³/mol. The molecule has 3 aromatic carbocycles. The second-order valence-electron chi connectivity index (χ2n) is 9.51. The monoisotopic (exact) mass is 489 g/mol. The number of rotatable bonds is 3. The highest BCUT2D eigenvalue weighted by atomic mass is 32.2. The summed E-state index contributed by atoms with van der Waals surface area (Å²) in [5, 5.41) is 18.1. The lowest BCUT2D eigenvalue weighted by molar-refractivity contribution is -0.136. The van der Waals surface area contributed by atoms with Crippen LogP contribution in [0.3, 0.4) is 0 Å². The number of anilines is 1. The Labute approximate surface area is 213 Å². The summed E-state index contributed by atoms with van der Waals surface area (Å²) in [5.41, 5.74) is 10.6. The van der Waals surface area contributed by atoms with Gasteiger partial charge in [0.1, 0.15) is 0 Å². The minimum absolute atomic E-state index is 0.0111. The molecule has 0 fully saturated rings. The van der Waals surface area contributed by atoms with Gasteiger partial charge in [0.25, 0.3) is 0 Å². The van der Waals surface area contributed by atoms with Crippen molar-refractivity contribution in [3.63, 3.8) is 0 Å². The highest BCUT2D eigenvalue weighted by molar-refractivity contribution is 7.99. The minimum Gasteiger partial charge on any atom is -0.481 e. The Morgan fingerprint density at radius 1 is 0.971 bits per heavy atom. The topological polar surface area (TPSA) is 69.6 Å². The van der Waals surface area contributed by atoms with E-state index in [1.54, 1.807) is 32.7 Å². The fourth-order valence-electron chi connectivity index (χ4n) is 4.09. The van der Waals surface area contributed by atoms with Crippen LogP contribution < -0.4 is 4.72 Å². The first-order chi connectivity index (χ1) is 16.5. The number of terminal acetylenes is 1. The molecule has 0 radical (unpaired) electrons. The van der Waals surface area contributed by atoms with E-state index in [0.717, 1.165) is 39.3 Å². The number of aliphatic hydroxyl groups is 1. The molecule has 0 unspecified atom stereocenters. The van der Waals surface area contributed by atoms with Gasteiger partial charge < -0.3 is 14.9 Å². The van der Waals surface area contributed by atoms with Crippen molar-refractivity contribution in [3.8, 4) is 35.1 Å². The van der Waals surface area contributed by atoms with E-state index in [-0.39, 0.29) is 6.42 Å². The molecular formula is C30H35NO3S. The predicted octanol–water partition coefficient (Wildman–Crippen LogP) is 7.17. The van der Waals surface area contributed by atoms with E-state index in [1.807, 2.05) is 6.92 Å². The van der Waals surface area contributed by atoms with Gasteiger partial charge in [-0.05, 0) is 92.4 Å². The van der Waals surface area contributed by atoms with Crippen molar-refractivity contribution in [1.82, 2.24) is 0 Å². The van der Waals surface area contributed by atoms with E-state index in [0.29, 0.717) is 0 Å².